The lowest BCUT2D eigenvalue weighted by Gasteiger charge is -2.25. The van der Waals surface area contributed by atoms with Gasteiger partial charge in [0.05, 0.1) is 17.0 Å². The van der Waals surface area contributed by atoms with E-state index in [1.165, 1.54) is 0 Å². The van der Waals surface area contributed by atoms with Gasteiger partial charge < -0.3 is 5.32 Å². The third-order valence-corrected chi connectivity index (χ3v) is 5.56. The molecule has 2 fully saturated rings. The fourth-order valence-corrected chi connectivity index (χ4v) is 4.79. The lowest BCUT2D eigenvalue weighted by Crippen LogP contribution is -2.48. The van der Waals surface area contributed by atoms with Crippen LogP contribution in [-0.4, -0.2) is 31.4 Å². The Bertz CT molecular complexity index is 384. The SMILES string of the molecule is C[C@]1(NC(=O)C2CCCC2)CCS(=O)(=O)C1. The molecular formula is C11H19NO3S. The minimum Gasteiger partial charge on any atom is -0.350 e. The van der Waals surface area contributed by atoms with Crippen LogP contribution < -0.4 is 5.32 Å². The maximum absolute atomic E-state index is 11.9. The molecule has 0 aromatic heterocycles. The molecule has 4 nitrogen and oxygen atoms in total. The fraction of sp³-hybridized carbons (Fsp3) is 0.909. The normalized spacial score (nSPS) is 34.1. The molecule has 0 spiro atoms. The van der Waals surface area contributed by atoms with Gasteiger partial charge in [-0.15, -0.1) is 0 Å². The van der Waals surface area contributed by atoms with Gasteiger partial charge in [-0.05, 0) is 26.2 Å². The Balaban J connectivity index is 1.96. The van der Waals surface area contributed by atoms with Gasteiger partial charge in [0.15, 0.2) is 9.84 Å². The molecule has 0 bridgehead atoms. The maximum atomic E-state index is 11.9. The second-order valence-electron chi connectivity index (χ2n) is 5.37. The van der Waals surface area contributed by atoms with Crippen molar-refractivity contribution >= 4 is 15.7 Å². The first kappa shape index (κ1) is 11.9. The van der Waals surface area contributed by atoms with E-state index in [2.05, 4.69) is 5.32 Å². The van der Waals surface area contributed by atoms with E-state index in [1.807, 2.05) is 6.92 Å². The van der Waals surface area contributed by atoms with Crippen molar-refractivity contribution in [2.24, 2.45) is 5.92 Å². The molecule has 1 aliphatic heterocycles. The topological polar surface area (TPSA) is 63.2 Å². The summed E-state index contributed by atoms with van der Waals surface area (Å²) in [4.78, 5) is 11.9. The number of rotatable bonds is 2. The lowest BCUT2D eigenvalue weighted by atomic mass is 9.99. The van der Waals surface area contributed by atoms with Gasteiger partial charge >= 0.3 is 0 Å². The third-order valence-electron chi connectivity index (χ3n) is 3.65. The van der Waals surface area contributed by atoms with E-state index in [0.717, 1.165) is 25.7 Å². The van der Waals surface area contributed by atoms with Crippen molar-refractivity contribution in [1.82, 2.24) is 5.32 Å². The Kier molecular flexibility index (Phi) is 2.99. The molecule has 16 heavy (non-hydrogen) atoms. The molecule has 0 aromatic rings. The molecule has 2 aliphatic rings. The van der Waals surface area contributed by atoms with Gasteiger partial charge in [0.2, 0.25) is 5.91 Å². The summed E-state index contributed by atoms with van der Waals surface area (Å²) in [6, 6.07) is 0. The highest BCUT2D eigenvalue weighted by Gasteiger charge is 2.40. The molecule has 1 saturated carbocycles. The van der Waals surface area contributed by atoms with E-state index in [4.69, 9.17) is 0 Å². The summed E-state index contributed by atoms with van der Waals surface area (Å²) in [6.45, 7) is 1.84. The number of hydrogen-bond donors (Lipinski definition) is 1. The lowest BCUT2D eigenvalue weighted by molar-refractivity contribution is -0.126. The number of carbonyl (C=O) groups excluding carboxylic acids is 1. The van der Waals surface area contributed by atoms with Crippen molar-refractivity contribution in [2.75, 3.05) is 11.5 Å². The number of amides is 1. The summed E-state index contributed by atoms with van der Waals surface area (Å²) >= 11 is 0. The summed E-state index contributed by atoms with van der Waals surface area (Å²) in [5.74, 6) is 0.463. The van der Waals surface area contributed by atoms with Crippen molar-refractivity contribution in [3.05, 3.63) is 0 Å². The summed E-state index contributed by atoms with van der Waals surface area (Å²) in [6.07, 6.45) is 4.69. The fourth-order valence-electron chi connectivity index (χ4n) is 2.70. The van der Waals surface area contributed by atoms with Gasteiger partial charge in [-0.2, -0.15) is 0 Å². The first-order chi connectivity index (χ1) is 7.40. The predicted octanol–water partition coefficient (Wildman–Crippen LogP) is 0.870. The van der Waals surface area contributed by atoms with Crippen molar-refractivity contribution in [2.45, 2.75) is 44.6 Å². The Morgan fingerprint density at radius 2 is 1.94 bits per heavy atom. The highest BCUT2D eigenvalue weighted by Crippen LogP contribution is 2.28. The third kappa shape index (κ3) is 2.56. The van der Waals surface area contributed by atoms with Crippen molar-refractivity contribution in [3.8, 4) is 0 Å². The minimum atomic E-state index is -2.94. The second kappa shape index (κ2) is 4.02. The van der Waals surface area contributed by atoms with Gasteiger partial charge in [0, 0.05) is 5.92 Å². The second-order valence-corrected chi connectivity index (χ2v) is 7.56. The van der Waals surface area contributed by atoms with E-state index in [1.54, 1.807) is 0 Å². The van der Waals surface area contributed by atoms with E-state index >= 15 is 0 Å². The molecule has 1 heterocycles. The highest BCUT2D eigenvalue weighted by atomic mass is 32.2. The molecule has 5 heteroatoms. The van der Waals surface area contributed by atoms with Crippen LogP contribution in [0.15, 0.2) is 0 Å². The van der Waals surface area contributed by atoms with Crippen LogP contribution in [0.1, 0.15) is 39.0 Å². The quantitative estimate of drug-likeness (QED) is 0.785. The molecule has 0 radical (unpaired) electrons. The molecule has 0 unspecified atom stereocenters. The molecule has 1 atom stereocenters. The van der Waals surface area contributed by atoms with Crippen LogP contribution in [0.25, 0.3) is 0 Å². The van der Waals surface area contributed by atoms with Crippen LogP contribution in [-0.2, 0) is 14.6 Å². The molecule has 1 aliphatic carbocycles. The maximum Gasteiger partial charge on any atom is 0.223 e. The van der Waals surface area contributed by atoms with Crippen LogP contribution in [0.4, 0.5) is 0 Å². The molecule has 1 saturated heterocycles. The monoisotopic (exact) mass is 245 g/mol. The minimum absolute atomic E-state index is 0.0529. The Labute approximate surface area is 96.7 Å². The zero-order valence-electron chi connectivity index (χ0n) is 9.66. The van der Waals surface area contributed by atoms with Crippen LogP contribution in [0.2, 0.25) is 0 Å². The Hall–Kier alpha value is -0.580. The Morgan fingerprint density at radius 1 is 1.31 bits per heavy atom. The molecule has 1 amide bonds. The van der Waals surface area contributed by atoms with Gasteiger partial charge in [0.25, 0.3) is 0 Å². The van der Waals surface area contributed by atoms with Crippen molar-refractivity contribution < 1.29 is 13.2 Å². The average Bonchev–Trinajstić information content (AvgIpc) is 2.73. The molecule has 2 rings (SSSR count). The predicted molar refractivity (Wildman–Crippen MR) is 61.8 cm³/mol. The summed E-state index contributed by atoms with van der Waals surface area (Å²) in [5, 5.41) is 2.93. The van der Waals surface area contributed by atoms with Gasteiger partial charge in [-0.1, -0.05) is 12.8 Å². The van der Waals surface area contributed by atoms with E-state index in [0.29, 0.717) is 6.42 Å². The first-order valence-electron chi connectivity index (χ1n) is 5.93. The first-order valence-corrected chi connectivity index (χ1v) is 7.75. The number of hydrogen-bond acceptors (Lipinski definition) is 3. The largest absolute Gasteiger partial charge is 0.350 e. The molecule has 1 N–H and O–H groups in total. The van der Waals surface area contributed by atoms with Gasteiger partial charge in [-0.3, -0.25) is 4.79 Å². The van der Waals surface area contributed by atoms with Crippen LogP contribution in [0.5, 0.6) is 0 Å². The summed E-state index contributed by atoms with van der Waals surface area (Å²) in [5.41, 5.74) is -0.529. The standard InChI is InChI=1S/C11H19NO3S/c1-11(6-7-16(14,15)8-11)12-10(13)9-4-2-3-5-9/h9H,2-8H2,1H3,(H,12,13)/t11-/m0/s1. The molecule has 0 aromatic carbocycles. The van der Waals surface area contributed by atoms with E-state index in [9.17, 15) is 13.2 Å². The summed E-state index contributed by atoms with van der Waals surface area (Å²) < 4.78 is 22.8. The highest BCUT2D eigenvalue weighted by molar-refractivity contribution is 7.91. The van der Waals surface area contributed by atoms with Crippen LogP contribution in [0.3, 0.4) is 0 Å². The zero-order chi connectivity index (χ0) is 11.8. The van der Waals surface area contributed by atoms with Gasteiger partial charge in [-0.25, -0.2) is 8.42 Å². The van der Waals surface area contributed by atoms with E-state index < -0.39 is 15.4 Å². The van der Waals surface area contributed by atoms with Crippen molar-refractivity contribution in [3.63, 3.8) is 0 Å². The van der Waals surface area contributed by atoms with Crippen LogP contribution in [0, 0.1) is 5.92 Å². The zero-order valence-corrected chi connectivity index (χ0v) is 10.5. The van der Waals surface area contributed by atoms with Crippen LogP contribution >= 0.6 is 0 Å². The number of carbonyl (C=O) groups is 1. The van der Waals surface area contributed by atoms with E-state index in [-0.39, 0.29) is 23.3 Å². The average molecular weight is 245 g/mol. The summed E-state index contributed by atoms with van der Waals surface area (Å²) in [7, 11) is -2.94. The molecule has 92 valence electrons. The number of nitrogens with one attached hydrogen (secondary N) is 1. The van der Waals surface area contributed by atoms with Crippen molar-refractivity contribution in [1.29, 1.82) is 0 Å². The molecular weight excluding hydrogens is 226 g/mol. The number of sulfone groups is 1. The van der Waals surface area contributed by atoms with Gasteiger partial charge in [0.1, 0.15) is 0 Å². The smallest absolute Gasteiger partial charge is 0.223 e. The Morgan fingerprint density at radius 3 is 2.44 bits per heavy atom.